The van der Waals surface area contributed by atoms with Gasteiger partial charge in [0.15, 0.2) is 0 Å². The van der Waals surface area contributed by atoms with Crippen molar-refractivity contribution in [3.8, 4) is 0 Å². The number of hydrogen-bond donors (Lipinski definition) is 4. The van der Waals surface area contributed by atoms with Gasteiger partial charge in [0.1, 0.15) is 18.1 Å². The highest BCUT2D eigenvalue weighted by molar-refractivity contribution is 6.00. The van der Waals surface area contributed by atoms with Crippen LogP contribution in [0.15, 0.2) is 23.0 Å². The summed E-state index contributed by atoms with van der Waals surface area (Å²) < 4.78 is 1.33. The van der Waals surface area contributed by atoms with Crippen LogP contribution in [0.2, 0.25) is 0 Å². The lowest BCUT2D eigenvalue weighted by molar-refractivity contribution is -0.121. The Balaban J connectivity index is 1.74. The van der Waals surface area contributed by atoms with Gasteiger partial charge < -0.3 is 26.3 Å². The van der Waals surface area contributed by atoms with Crippen LogP contribution >= 0.6 is 0 Å². The van der Waals surface area contributed by atoms with Crippen LogP contribution in [0.5, 0.6) is 0 Å². The first-order valence-corrected chi connectivity index (χ1v) is 8.12. The number of aryl methyl sites for hydroxylation is 2. The molecule has 0 radical (unpaired) electrons. The molecule has 9 nitrogen and oxygen atoms in total. The van der Waals surface area contributed by atoms with Gasteiger partial charge in [0.25, 0.3) is 5.56 Å². The number of anilines is 3. The molecule has 3 heterocycles. The van der Waals surface area contributed by atoms with Crippen LogP contribution in [0.3, 0.4) is 0 Å². The van der Waals surface area contributed by atoms with Gasteiger partial charge in [0.2, 0.25) is 11.8 Å². The summed E-state index contributed by atoms with van der Waals surface area (Å²) in [4.78, 5) is 40.5. The standard InChI is InChI=1S/C17H20N6O3/c1-9-5-12-16(22-14(24)7-19-12)17(26)23(9)8-15(25)20-6-11-3-4-13(18)21-10(11)2/h3-5,19H,6-8H2,1-2H3,(H2,18,21)(H,20,25)(H,22,24). The molecule has 1 aliphatic rings. The average molecular weight is 356 g/mol. The quantitative estimate of drug-likeness (QED) is 0.615. The first-order chi connectivity index (χ1) is 12.3. The van der Waals surface area contributed by atoms with Crippen molar-refractivity contribution >= 4 is 29.0 Å². The van der Waals surface area contributed by atoms with Crippen LogP contribution in [0.4, 0.5) is 17.2 Å². The van der Waals surface area contributed by atoms with Gasteiger partial charge in [-0.2, -0.15) is 0 Å². The van der Waals surface area contributed by atoms with Gasteiger partial charge in [-0.3, -0.25) is 14.4 Å². The number of fused-ring (bicyclic) bond motifs is 1. The zero-order valence-corrected chi connectivity index (χ0v) is 14.5. The normalized spacial score (nSPS) is 12.8. The summed E-state index contributed by atoms with van der Waals surface area (Å²) in [6.45, 7) is 3.81. The first kappa shape index (κ1) is 17.5. The predicted molar refractivity (Wildman–Crippen MR) is 97.8 cm³/mol. The minimum absolute atomic E-state index is 0.116. The molecule has 136 valence electrons. The number of pyridine rings is 2. The van der Waals surface area contributed by atoms with E-state index in [1.54, 1.807) is 25.1 Å². The number of carbonyl (C=O) groups excluding carboxylic acids is 2. The third-order valence-corrected chi connectivity index (χ3v) is 4.21. The van der Waals surface area contributed by atoms with Gasteiger partial charge >= 0.3 is 0 Å². The summed E-state index contributed by atoms with van der Waals surface area (Å²) >= 11 is 0. The zero-order chi connectivity index (χ0) is 18.8. The van der Waals surface area contributed by atoms with E-state index in [-0.39, 0.29) is 37.1 Å². The fraction of sp³-hybridized carbons (Fsp3) is 0.294. The topological polar surface area (TPSA) is 131 Å². The van der Waals surface area contributed by atoms with Gasteiger partial charge in [0.05, 0.1) is 12.2 Å². The van der Waals surface area contributed by atoms with E-state index in [0.29, 0.717) is 17.2 Å². The van der Waals surface area contributed by atoms with Crippen molar-refractivity contribution in [3.63, 3.8) is 0 Å². The molecule has 1 aliphatic heterocycles. The van der Waals surface area contributed by atoms with E-state index in [9.17, 15) is 14.4 Å². The van der Waals surface area contributed by atoms with Crippen LogP contribution in [-0.4, -0.2) is 27.9 Å². The maximum atomic E-state index is 12.6. The monoisotopic (exact) mass is 356 g/mol. The molecule has 5 N–H and O–H groups in total. The van der Waals surface area contributed by atoms with Crippen molar-refractivity contribution in [2.24, 2.45) is 0 Å². The van der Waals surface area contributed by atoms with Crippen LogP contribution < -0.4 is 27.2 Å². The number of nitrogen functional groups attached to an aromatic ring is 1. The molecule has 0 aromatic carbocycles. The van der Waals surface area contributed by atoms with Crippen molar-refractivity contribution in [1.29, 1.82) is 0 Å². The molecule has 0 saturated heterocycles. The molecule has 0 fully saturated rings. The number of hydrogen-bond acceptors (Lipinski definition) is 6. The Kier molecular flexibility index (Phi) is 4.61. The number of nitrogens with one attached hydrogen (secondary N) is 3. The molecule has 26 heavy (non-hydrogen) atoms. The first-order valence-electron chi connectivity index (χ1n) is 8.12. The number of nitrogens with zero attached hydrogens (tertiary/aromatic N) is 2. The van der Waals surface area contributed by atoms with Gasteiger partial charge in [0, 0.05) is 17.9 Å². The maximum Gasteiger partial charge on any atom is 0.277 e. The Bertz CT molecular complexity index is 950. The maximum absolute atomic E-state index is 12.6. The number of aromatic nitrogens is 2. The summed E-state index contributed by atoms with van der Waals surface area (Å²) in [5.41, 5.74) is 8.13. The third-order valence-electron chi connectivity index (χ3n) is 4.21. The van der Waals surface area contributed by atoms with Crippen LogP contribution in [-0.2, 0) is 22.7 Å². The number of nitrogens with two attached hydrogens (primary N) is 1. The van der Waals surface area contributed by atoms with E-state index in [4.69, 9.17) is 5.73 Å². The summed E-state index contributed by atoms with van der Waals surface area (Å²) in [5.74, 6) is -0.188. The average Bonchev–Trinajstić information content (AvgIpc) is 2.58. The zero-order valence-electron chi connectivity index (χ0n) is 14.5. The van der Waals surface area contributed by atoms with Crippen molar-refractivity contribution in [2.45, 2.75) is 26.9 Å². The Morgan fingerprint density at radius 1 is 1.35 bits per heavy atom. The Hall–Kier alpha value is -3.36. The molecule has 0 atom stereocenters. The van der Waals surface area contributed by atoms with Crippen LogP contribution in [0, 0.1) is 13.8 Å². The van der Waals surface area contributed by atoms with E-state index in [1.807, 2.05) is 6.92 Å². The number of rotatable bonds is 4. The lowest BCUT2D eigenvalue weighted by Crippen LogP contribution is -2.38. The van der Waals surface area contributed by atoms with E-state index in [0.717, 1.165) is 11.3 Å². The predicted octanol–water partition coefficient (Wildman–Crippen LogP) is 0.123. The highest BCUT2D eigenvalue weighted by Gasteiger charge is 2.20. The Labute approximate surface area is 149 Å². The van der Waals surface area contributed by atoms with E-state index in [2.05, 4.69) is 20.9 Å². The van der Waals surface area contributed by atoms with E-state index < -0.39 is 5.56 Å². The lowest BCUT2D eigenvalue weighted by Gasteiger charge is -2.21. The van der Waals surface area contributed by atoms with Crippen molar-refractivity contribution in [2.75, 3.05) is 22.9 Å². The van der Waals surface area contributed by atoms with Crippen molar-refractivity contribution in [1.82, 2.24) is 14.9 Å². The summed E-state index contributed by atoms with van der Waals surface area (Å²) in [6.07, 6.45) is 0. The van der Waals surface area contributed by atoms with Gasteiger partial charge in [-0.15, -0.1) is 0 Å². The Morgan fingerprint density at radius 2 is 2.12 bits per heavy atom. The molecular formula is C17H20N6O3. The second-order valence-electron chi connectivity index (χ2n) is 6.12. The highest BCUT2D eigenvalue weighted by atomic mass is 16.2. The minimum atomic E-state index is -0.416. The van der Waals surface area contributed by atoms with Gasteiger partial charge in [-0.05, 0) is 31.5 Å². The SMILES string of the molecule is Cc1nc(N)ccc1CNC(=O)Cn1c(C)cc2c(c1=O)NC(=O)CN2. The van der Waals surface area contributed by atoms with Gasteiger partial charge in [-0.1, -0.05) is 6.07 Å². The van der Waals surface area contributed by atoms with Crippen LogP contribution in [0.1, 0.15) is 17.0 Å². The number of carbonyl (C=O) groups is 2. The molecule has 0 saturated carbocycles. The summed E-state index contributed by atoms with van der Waals surface area (Å²) in [5, 5.41) is 8.21. The largest absolute Gasteiger partial charge is 0.384 e. The molecule has 2 aromatic rings. The van der Waals surface area contributed by atoms with Crippen LogP contribution in [0.25, 0.3) is 0 Å². The van der Waals surface area contributed by atoms with E-state index in [1.165, 1.54) is 4.57 Å². The second kappa shape index (κ2) is 6.87. The number of amides is 2. The molecular weight excluding hydrogens is 336 g/mol. The minimum Gasteiger partial charge on any atom is -0.384 e. The smallest absolute Gasteiger partial charge is 0.277 e. The Morgan fingerprint density at radius 3 is 2.85 bits per heavy atom. The van der Waals surface area contributed by atoms with E-state index >= 15 is 0 Å². The molecule has 2 amide bonds. The molecule has 0 unspecified atom stereocenters. The third kappa shape index (κ3) is 3.51. The van der Waals surface area contributed by atoms with Crippen molar-refractivity contribution < 1.29 is 9.59 Å². The fourth-order valence-electron chi connectivity index (χ4n) is 2.77. The highest BCUT2D eigenvalue weighted by Crippen LogP contribution is 2.21. The molecule has 0 aliphatic carbocycles. The molecule has 9 heteroatoms. The fourth-order valence-corrected chi connectivity index (χ4v) is 2.77. The van der Waals surface area contributed by atoms with Gasteiger partial charge in [-0.25, -0.2) is 4.98 Å². The summed E-state index contributed by atoms with van der Waals surface area (Å²) in [6, 6.07) is 5.20. The second-order valence-corrected chi connectivity index (χ2v) is 6.12. The molecule has 2 aromatic heterocycles. The molecule has 0 bridgehead atoms. The van der Waals surface area contributed by atoms with Crippen molar-refractivity contribution in [3.05, 3.63) is 45.5 Å². The summed E-state index contributed by atoms with van der Waals surface area (Å²) in [7, 11) is 0. The molecule has 0 spiro atoms. The lowest BCUT2D eigenvalue weighted by atomic mass is 10.2. The molecule has 3 rings (SSSR count).